The molecule has 5 rings (SSSR count). The van der Waals surface area contributed by atoms with Crippen LogP contribution in [0.25, 0.3) is 16.9 Å². The number of aromatic nitrogens is 1. The number of halogens is 1. The van der Waals surface area contributed by atoms with Gasteiger partial charge in [-0.25, -0.2) is 4.79 Å². The number of methoxy groups -OCH3 is 1. The fourth-order valence-electron chi connectivity index (χ4n) is 5.53. The summed E-state index contributed by atoms with van der Waals surface area (Å²) in [5, 5.41) is 3.85. The summed E-state index contributed by atoms with van der Waals surface area (Å²) >= 11 is 6.16. The lowest BCUT2D eigenvalue weighted by atomic mass is 9.96. The van der Waals surface area contributed by atoms with Gasteiger partial charge in [-0.1, -0.05) is 49.1 Å². The summed E-state index contributed by atoms with van der Waals surface area (Å²) in [6, 6.07) is 17.7. The van der Waals surface area contributed by atoms with Gasteiger partial charge in [-0.2, -0.15) is 0 Å². The number of nitrogens with one attached hydrogen (secondary N) is 1. The molecular weight excluding hydrogens is 500 g/mol. The minimum atomic E-state index is -0.0216. The highest BCUT2D eigenvalue weighted by Crippen LogP contribution is 2.32. The Morgan fingerprint density at radius 3 is 2.29 bits per heavy atom. The van der Waals surface area contributed by atoms with E-state index in [1.807, 2.05) is 71.3 Å². The van der Waals surface area contributed by atoms with Gasteiger partial charge in [0, 0.05) is 54.7 Å². The largest absolute Gasteiger partial charge is 0.497 e. The fraction of sp³-hybridized carbons (Fsp3) is 0.400. The van der Waals surface area contributed by atoms with E-state index in [0.29, 0.717) is 36.8 Å². The smallest absolute Gasteiger partial charge is 0.317 e. The van der Waals surface area contributed by atoms with Crippen LogP contribution in [0.1, 0.15) is 48.2 Å². The Morgan fingerprint density at radius 1 is 0.921 bits per heavy atom. The molecular formula is C30H35ClN4O3. The van der Waals surface area contributed by atoms with Crippen LogP contribution >= 0.6 is 11.6 Å². The van der Waals surface area contributed by atoms with E-state index in [2.05, 4.69) is 9.88 Å². The van der Waals surface area contributed by atoms with Crippen molar-refractivity contribution in [2.24, 2.45) is 0 Å². The van der Waals surface area contributed by atoms with Crippen molar-refractivity contribution in [3.05, 3.63) is 70.9 Å². The van der Waals surface area contributed by atoms with Gasteiger partial charge < -0.3 is 24.4 Å². The molecule has 1 N–H and O–H groups in total. The second kappa shape index (κ2) is 11.5. The van der Waals surface area contributed by atoms with Crippen LogP contribution in [0, 0.1) is 6.92 Å². The van der Waals surface area contributed by atoms with E-state index in [1.165, 1.54) is 19.3 Å². The highest BCUT2D eigenvalue weighted by molar-refractivity contribution is 6.30. The minimum absolute atomic E-state index is 0.00520. The number of urea groups is 1. The van der Waals surface area contributed by atoms with Crippen LogP contribution in [0.15, 0.2) is 54.6 Å². The molecule has 1 aliphatic heterocycles. The lowest BCUT2D eigenvalue weighted by Crippen LogP contribution is -2.54. The summed E-state index contributed by atoms with van der Waals surface area (Å²) < 4.78 is 7.55. The van der Waals surface area contributed by atoms with Gasteiger partial charge in [-0.3, -0.25) is 4.79 Å². The van der Waals surface area contributed by atoms with Crippen LogP contribution in [0.5, 0.6) is 5.75 Å². The fourth-order valence-corrected chi connectivity index (χ4v) is 5.66. The van der Waals surface area contributed by atoms with Gasteiger partial charge in [0.05, 0.1) is 18.4 Å². The van der Waals surface area contributed by atoms with Crippen molar-refractivity contribution in [1.29, 1.82) is 0 Å². The second-order valence-corrected chi connectivity index (χ2v) is 10.6. The van der Waals surface area contributed by atoms with Crippen molar-refractivity contribution < 1.29 is 14.3 Å². The van der Waals surface area contributed by atoms with Crippen molar-refractivity contribution in [3.8, 4) is 22.7 Å². The van der Waals surface area contributed by atoms with E-state index < -0.39 is 0 Å². The van der Waals surface area contributed by atoms with Crippen molar-refractivity contribution in [2.45, 2.75) is 45.1 Å². The van der Waals surface area contributed by atoms with Crippen LogP contribution in [0.2, 0.25) is 5.02 Å². The Hall–Kier alpha value is -3.45. The molecule has 2 aliphatic rings. The van der Waals surface area contributed by atoms with Crippen LogP contribution < -0.4 is 10.1 Å². The van der Waals surface area contributed by atoms with Gasteiger partial charge >= 0.3 is 6.03 Å². The van der Waals surface area contributed by atoms with E-state index in [0.717, 1.165) is 41.2 Å². The zero-order chi connectivity index (χ0) is 26.6. The molecule has 7 nitrogen and oxygen atoms in total. The number of ether oxygens (including phenoxy) is 1. The Labute approximate surface area is 229 Å². The SMILES string of the molecule is COc1cccc(-n2c(-c3ccc(Cl)cc3)cc(C(=O)N3CCN(C(=O)NC4CCCCC4)CC3)c2C)c1. The van der Waals surface area contributed by atoms with Crippen molar-refractivity contribution in [1.82, 2.24) is 19.7 Å². The highest BCUT2D eigenvalue weighted by Gasteiger charge is 2.29. The molecule has 38 heavy (non-hydrogen) atoms. The predicted octanol–water partition coefficient (Wildman–Crippen LogP) is 5.91. The molecule has 3 aromatic rings. The van der Waals surface area contributed by atoms with Gasteiger partial charge in [-0.15, -0.1) is 0 Å². The van der Waals surface area contributed by atoms with Crippen molar-refractivity contribution in [3.63, 3.8) is 0 Å². The first-order valence-electron chi connectivity index (χ1n) is 13.4. The Bertz CT molecular complexity index is 1290. The summed E-state index contributed by atoms with van der Waals surface area (Å²) in [6.45, 7) is 4.06. The number of hydrogen-bond acceptors (Lipinski definition) is 3. The van der Waals surface area contributed by atoms with E-state index in [1.54, 1.807) is 7.11 Å². The third-order valence-corrected chi connectivity index (χ3v) is 7.97. The number of nitrogens with zero attached hydrogens (tertiary/aromatic N) is 3. The molecule has 2 fully saturated rings. The standard InChI is InChI=1S/C30H35ClN4O3/c1-21-27(29(36)33-15-17-34(18-16-33)30(37)32-24-7-4-3-5-8-24)20-28(22-11-13-23(31)14-12-22)35(21)25-9-6-10-26(19-25)38-2/h6,9-14,19-20,24H,3-5,7-8,15-18H2,1-2H3,(H,32,37). The molecule has 1 aromatic heterocycles. The first-order valence-corrected chi connectivity index (χ1v) is 13.8. The van der Waals surface area contributed by atoms with Crippen LogP contribution in [0.3, 0.4) is 0 Å². The number of hydrogen-bond donors (Lipinski definition) is 1. The molecule has 2 heterocycles. The lowest BCUT2D eigenvalue weighted by molar-refractivity contribution is 0.0662. The molecule has 1 saturated heterocycles. The molecule has 0 radical (unpaired) electrons. The zero-order valence-electron chi connectivity index (χ0n) is 22.1. The van der Waals surface area contributed by atoms with Crippen LogP contribution in [0.4, 0.5) is 4.79 Å². The monoisotopic (exact) mass is 534 g/mol. The normalized spacial score (nSPS) is 16.4. The molecule has 0 bridgehead atoms. The first-order chi connectivity index (χ1) is 18.4. The molecule has 2 aromatic carbocycles. The third-order valence-electron chi connectivity index (χ3n) is 7.72. The van der Waals surface area contributed by atoms with E-state index in [9.17, 15) is 9.59 Å². The first kappa shape index (κ1) is 26.2. The number of carbonyl (C=O) groups excluding carboxylic acids is 2. The molecule has 3 amide bonds. The number of amides is 3. The zero-order valence-corrected chi connectivity index (χ0v) is 22.8. The summed E-state index contributed by atoms with van der Waals surface area (Å²) in [6.07, 6.45) is 5.74. The maximum atomic E-state index is 13.8. The number of rotatable bonds is 5. The van der Waals surface area contributed by atoms with Gasteiger partial charge in [-0.05, 0) is 55.7 Å². The van der Waals surface area contributed by atoms with Crippen molar-refractivity contribution >= 4 is 23.5 Å². The molecule has 0 atom stereocenters. The summed E-state index contributed by atoms with van der Waals surface area (Å²) in [4.78, 5) is 30.3. The van der Waals surface area contributed by atoms with Gasteiger partial charge in [0.1, 0.15) is 5.75 Å². The average molecular weight is 535 g/mol. The average Bonchev–Trinajstić information content (AvgIpc) is 3.30. The third kappa shape index (κ3) is 5.53. The molecule has 1 aliphatic carbocycles. The quantitative estimate of drug-likeness (QED) is 0.442. The topological polar surface area (TPSA) is 66.8 Å². The summed E-state index contributed by atoms with van der Waals surface area (Å²) in [5.41, 5.74) is 4.28. The van der Waals surface area contributed by atoms with E-state index in [-0.39, 0.29) is 18.0 Å². The van der Waals surface area contributed by atoms with E-state index >= 15 is 0 Å². The number of piperazine rings is 1. The molecule has 0 unspecified atom stereocenters. The van der Waals surface area contributed by atoms with E-state index in [4.69, 9.17) is 16.3 Å². The predicted molar refractivity (Wildman–Crippen MR) is 150 cm³/mol. The van der Waals surface area contributed by atoms with Crippen LogP contribution in [-0.2, 0) is 0 Å². The Kier molecular flexibility index (Phi) is 7.93. The Balaban J connectivity index is 1.37. The molecule has 200 valence electrons. The maximum Gasteiger partial charge on any atom is 0.317 e. The molecule has 0 spiro atoms. The maximum absolute atomic E-state index is 13.8. The second-order valence-electron chi connectivity index (χ2n) is 10.1. The molecule has 8 heteroatoms. The van der Waals surface area contributed by atoms with Gasteiger partial charge in [0.15, 0.2) is 0 Å². The Morgan fingerprint density at radius 2 is 1.61 bits per heavy atom. The van der Waals surface area contributed by atoms with Crippen LogP contribution in [-0.4, -0.2) is 65.6 Å². The molecule has 1 saturated carbocycles. The number of benzene rings is 2. The van der Waals surface area contributed by atoms with Gasteiger partial charge in [0.25, 0.3) is 5.91 Å². The number of carbonyl (C=O) groups is 2. The summed E-state index contributed by atoms with van der Waals surface area (Å²) in [5.74, 6) is 0.722. The van der Waals surface area contributed by atoms with Gasteiger partial charge in [0.2, 0.25) is 0 Å². The van der Waals surface area contributed by atoms with Crippen molar-refractivity contribution in [2.75, 3.05) is 33.3 Å². The highest BCUT2D eigenvalue weighted by atomic mass is 35.5. The lowest BCUT2D eigenvalue weighted by Gasteiger charge is -2.36. The minimum Gasteiger partial charge on any atom is -0.497 e. The summed E-state index contributed by atoms with van der Waals surface area (Å²) in [7, 11) is 1.64.